The third-order valence-corrected chi connectivity index (χ3v) is 16.6. The normalized spacial score (nSPS) is 13.4. The maximum absolute atomic E-state index is 6.25. The summed E-state index contributed by atoms with van der Waals surface area (Å²) >= 11 is 3.51. The molecule has 0 spiro atoms. The number of halogens is 1. The topological polar surface area (TPSA) is 95.8 Å². The maximum Gasteiger partial charge on any atom is 0.494 e. The van der Waals surface area contributed by atoms with Crippen molar-refractivity contribution in [3.05, 3.63) is 282 Å². The molecule has 12 aromatic rings. The van der Waals surface area contributed by atoms with E-state index in [1.165, 1.54) is 54.5 Å². The van der Waals surface area contributed by atoms with Crippen molar-refractivity contribution in [3.63, 3.8) is 0 Å². The van der Waals surface area contributed by atoms with Crippen LogP contribution in [0, 0.1) is 0 Å². The Morgan fingerprint density at radius 3 is 1.09 bits per heavy atom. The van der Waals surface area contributed by atoms with Gasteiger partial charge in [0.05, 0.1) is 11.2 Å². The van der Waals surface area contributed by atoms with Crippen LogP contribution in [-0.2, 0) is 22.2 Å². The Kier molecular flexibility index (Phi) is 17.4. The highest BCUT2D eigenvalue weighted by Gasteiger charge is 2.51. The van der Waals surface area contributed by atoms with Crippen molar-refractivity contribution >= 4 is 38.4 Å². The molecule has 1 aliphatic heterocycles. The zero-order valence-electron chi connectivity index (χ0n) is 47.8. The zero-order valence-corrected chi connectivity index (χ0v) is 50.8. The molecule has 0 amide bonds. The lowest BCUT2D eigenvalue weighted by Crippen LogP contribution is -2.41. The molecule has 1 fully saturated rings. The summed E-state index contributed by atoms with van der Waals surface area (Å²) in [5.41, 5.74) is 19.3. The Morgan fingerprint density at radius 1 is 0.314 bits per heavy atom. The van der Waals surface area contributed by atoms with E-state index in [4.69, 9.17) is 39.2 Å². The van der Waals surface area contributed by atoms with Crippen molar-refractivity contribution in [2.45, 2.75) is 59.2 Å². The first-order valence-corrected chi connectivity index (χ1v) is 29.2. The standard InChI is InChI=1S/C34H23N3.C27H26BN3O2.C13H9Br.CH4.H3P/c1-3-10-23(11-4-1)32-35-33(24-12-5-2-6-13-24)37-34(36-32)28-16-9-15-25(20-28)26-18-19-31-29(21-26)22-27-14-7-8-17-30(27)31;1-26(2)27(3,4)33-28(32-26)22-17-11-16-21(18-22)25-30-23(19-12-7-5-8-13-19)29-24(31-25)20-14-9-6-10-15-20;14-11-5-6-13-10(8-11)7-9-3-1-2-4-12(9)13;;/h1-21H,22H2;5-18H,1-4H3;1-6,8H,7H2;1H4;1H3. The van der Waals surface area contributed by atoms with Crippen LogP contribution in [-0.4, -0.2) is 48.2 Å². The first kappa shape index (κ1) is 58.9. The maximum atomic E-state index is 6.25. The molecule has 0 N–H and O–H groups in total. The molecule has 15 rings (SSSR count). The van der Waals surface area contributed by atoms with Crippen molar-refractivity contribution in [3.8, 4) is 102 Å². The van der Waals surface area contributed by atoms with Crippen molar-refractivity contribution in [2.24, 2.45) is 0 Å². The van der Waals surface area contributed by atoms with Gasteiger partial charge >= 0.3 is 7.12 Å². The summed E-state index contributed by atoms with van der Waals surface area (Å²) in [6.07, 6.45) is 2.05. The third-order valence-electron chi connectivity index (χ3n) is 16.1. The second kappa shape index (κ2) is 25.4. The number of benzene rings is 10. The van der Waals surface area contributed by atoms with E-state index < -0.39 is 18.3 Å². The monoisotopic (exact) mass is 1200 g/mol. The summed E-state index contributed by atoms with van der Waals surface area (Å²) in [4.78, 5) is 29.0. The molecule has 3 heterocycles. The van der Waals surface area contributed by atoms with E-state index in [1.807, 2.05) is 146 Å². The van der Waals surface area contributed by atoms with Crippen LogP contribution in [0.4, 0.5) is 0 Å². The second-order valence-corrected chi connectivity index (χ2v) is 23.1. The van der Waals surface area contributed by atoms with Gasteiger partial charge in [-0.25, -0.2) is 29.9 Å². The Balaban J connectivity index is 0.000000144. The Morgan fingerprint density at radius 2 is 0.640 bits per heavy atom. The predicted molar refractivity (Wildman–Crippen MR) is 362 cm³/mol. The Bertz CT molecular complexity index is 4230. The minimum Gasteiger partial charge on any atom is -0.399 e. The highest BCUT2D eigenvalue weighted by Crippen LogP contribution is 2.41. The molecule has 1 saturated heterocycles. The number of hydrogen-bond donors (Lipinski definition) is 0. The van der Waals surface area contributed by atoms with Crippen molar-refractivity contribution in [2.75, 3.05) is 0 Å². The molecular formula is C75H65BBrN6O2P. The molecule has 3 aliphatic rings. The van der Waals surface area contributed by atoms with Crippen LogP contribution in [0.2, 0.25) is 0 Å². The van der Waals surface area contributed by atoms with E-state index >= 15 is 0 Å². The largest absolute Gasteiger partial charge is 0.494 e. The van der Waals surface area contributed by atoms with Crippen molar-refractivity contribution in [1.29, 1.82) is 0 Å². The first-order chi connectivity index (χ1) is 41.0. The second-order valence-electron chi connectivity index (χ2n) is 22.2. The molecule has 422 valence electrons. The lowest BCUT2D eigenvalue weighted by molar-refractivity contribution is 0.00578. The van der Waals surface area contributed by atoms with Gasteiger partial charge in [-0.3, -0.25) is 0 Å². The third kappa shape index (κ3) is 12.4. The molecule has 10 aromatic carbocycles. The molecule has 1 atom stereocenters. The number of hydrogen-bond acceptors (Lipinski definition) is 8. The van der Waals surface area contributed by atoms with Gasteiger partial charge < -0.3 is 9.31 Å². The minimum absolute atomic E-state index is 0. The van der Waals surface area contributed by atoms with E-state index in [-0.39, 0.29) is 17.3 Å². The molecule has 0 radical (unpaired) electrons. The summed E-state index contributed by atoms with van der Waals surface area (Å²) in [5.74, 6) is 3.90. The SMILES string of the molecule is Brc1ccc2c(c1)Cc1ccccc1-2.C.CC1(C)OB(c2cccc(-c3nc(-c4ccccc4)nc(-c4ccccc4)n3)c2)OC1(C)C.P.c1ccc(-c2nc(-c3ccccc3)nc(-c3cccc(-c4ccc5c(c4)Cc4ccccc4-5)c3)n2)cc1. The van der Waals surface area contributed by atoms with Crippen molar-refractivity contribution < 1.29 is 9.31 Å². The van der Waals surface area contributed by atoms with Crippen LogP contribution in [0.25, 0.3) is 102 Å². The van der Waals surface area contributed by atoms with Crippen LogP contribution in [0.15, 0.2) is 259 Å². The molecule has 2 aromatic heterocycles. The van der Waals surface area contributed by atoms with E-state index in [0.29, 0.717) is 34.9 Å². The van der Waals surface area contributed by atoms with E-state index in [0.717, 1.165) is 57.2 Å². The molecule has 0 saturated carbocycles. The number of nitrogens with zero attached hydrogens (tertiary/aromatic N) is 6. The molecule has 2 aliphatic carbocycles. The van der Waals surface area contributed by atoms with Gasteiger partial charge in [-0.2, -0.15) is 9.90 Å². The average molecular weight is 1200 g/mol. The fourth-order valence-electron chi connectivity index (χ4n) is 11.0. The van der Waals surface area contributed by atoms with Crippen LogP contribution < -0.4 is 5.46 Å². The lowest BCUT2D eigenvalue weighted by atomic mass is 9.78. The first-order valence-electron chi connectivity index (χ1n) is 28.4. The van der Waals surface area contributed by atoms with E-state index in [9.17, 15) is 0 Å². The fraction of sp³-hybridized carbons (Fsp3) is 0.120. The molecule has 0 bridgehead atoms. The highest BCUT2D eigenvalue weighted by molar-refractivity contribution is 9.10. The summed E-state index contributed by atoms with van der Waals surface area (Å²) in [5, 5.41) is 0. The Labute approximate surface area is 516 Å². The van der Waals surface area contributed by atoms with Gasteiger partial charge in [-0.15, -0.1) is 0 Å². The molecule has 86 heavy (non-hydrogen) atoms. The summed E-state index contributed by atoms with van der Waals surface area (Å²) in [6, 6.07) is 87.3. The van der Waals surface area contributed by atoms with Gasteiger partial charge in [0.2, 0.25) is 0 Å². The Hall–Kier alpha value is -8.89. The minimum atomic E-state index is -0.445. The summed E-state index contributed by atoms with van der Waals surface area (Å²) in [6.45, 7) is 8.23. The predicted octanol–water partition coefficient (Wildman–Crippen LogP) is 18.0. The van der Waals surface area contributed by atoms with Crippen LogP contribution in [0.3, 0.4) is 0 Å². The van der Waals surface area contributed by atoms with E-state index in [2.05, 4.69) is 153 Å². The average Bonchev–Trinajstić information content (AvgIpc) is 2.28. The molecular weight excluding hydrogens is 1140 g/mol. The quantitative estimate of drug-likeness (QED) is 0.110. The number of aromatic nitrogens is 6. The molecule has 1 unspecified atom stereocenters. The summed E-state index contributed by atoms with van der Waals surface area (Å²) < 4.78 is 13.7. The lowest BCUT2D eigenvalue weighted by Gasteiger charge is -2.32. The van der Waals surface area contributed by atoms with Gasteiger partial charge in [0.15, 0.2) is 34.9 Å². The highest BCUT2D eigenvalue weighted by atomic mass is 79.9. The van der Waals surface area contributed by atoms with Crippen molar-refractivity contribution in [1.82, 2.24) is 29.9 Å². The fourth-order valence-corrected chi connectivity index (χ4v) is 11.4. The summed E-state index contributed by atoms with van der Waals surface area (Å²) in [7, 11) is -0.445. The zero-order chi connectivity index (χ0) is 57.2. The van der Waals surface area contributed by atoms with E-state index in [1.54, 1.807) is 0 Å². The smallest absolute Gasteiger partial charge is 0.399 e. The molecule has 11 heteroatoms. The van der Waals surface area contributed by atoms with Gasteiger partial charge in [0, 0.05) is 37.9 Å². The van der Waals surface area contributed by atoms with Gasteiger partial charge in [0.1, 0.15) is 0 Å². The van der Waals surface area contributed by atoms with Gasteiger partial charge in [0.25, 0.3) is 0 Å². The number of rotatable bonds is 8. The van der Waals surface area contributed by atoms with Crippen LogP contribution >= 0.6 is 25.8 Å². The molecule has 8 nitrogen and oxygen atoms in total. The number of fused-ring (bicyclic) bond motifs is 6. The van der Waals surface area contributed by atoms with Crippen LogP contribution in [0.1, 0.15) is 57.4 Å². The van der Waals surface area contributed by atoms with Gasteiger partial charge in [-0.05, 0) is 120 Å². The van der Waals surface area contributed by atoms with Gasteiger partial charge in [-0.1, -0.05) is 260 Å². The van der Waals surface area contributed by atoms with Crippen LogP contribution in [0.5, 0.6) is 0 Å².